The van der Waals surface area contributed by atoms with Gasteiger partial charge in [0.2, 0.25) is 0 Å². The molecular formula is C39H60O5S2. The number of carbonyl (C=O) groups excluding carboxylic acids is 2. The molecule has 0 amide bonds. The van der Waals surface area contributed by atoms with Gasteiger partial charge in [0, 0.05) is 51.4 Å². The van der Waals surface area contributed by atoms with Gasteiger partial charge in [0.15, 0.2) is 5.78 Å². The third-order valence-electron chi connectivity index (χ3n) is 8.65. The van der Waals surface area contributed by atoms with Gasteiger partial charge in [-0.15, -0.1) is 11.3 Å². The van der Waals surface area contributed by atoms with Crippen molar-refractivity contribution >= 4 is 32.7 Å². The molecule has 0 bridgehead atoms. The Morgan fingerprint density at radius 3 is 2.15 bits per heavy atom. The summed E-state index contributed by atoms with van der Waals surface area (Å²) in [6, 6.07) is 17.3. The Balaban J connectivity index is 0.000000890. The largest absolute Gasteiger partial charge is 0.381 e. The van der Waals surface area contributed by atoms with E-state index in [1.807, 2.05) is 19.9 Å². The zero-order chi connectivity index (χ0) is 34.1. The number of hydrogen-bond donors (Lipinski definition) is 0. The van der Waals surface area contributed by atoms with Crippen molar-refractivity contribution in [2.24, 2.45) is 11.8 Å². The number of benzene rings is 2. The molecule has 1 saturated heterocycles. The smallest absolute Gasteiger partial charge is 0.167 e. The molecule has 2 heterocycles. The first-order valence-electron chi connectivity index (χ1n) is 16.7. The highest BCUT2D eigenvalue weighted by Gasteiger charge is 2.26. The number of rotatable bonds is 12. The van der Waals surface area contributed by atoms with Gasteiger partial charge in [0.05, 0.1) is 5.75 Å². The minimum Gasteiger partial charge on any atom is -0.381 e. The molecule has 0 aliphatic carbocycles. The molecule has 0 spiro atoms. The number of hydrogen-bond acceptors (Lipinski definition) is 6. The third-order valence-corrected chi connectivity index (χ3v) is 11.1. The van der Waals surface area contributed by atoms with E-state index in [2.05, 4.69) is 70.2 Å². The van der Waals surface area contributed by atoms with Crippen molar-refractivity contribution in [2.75, 3.05) is 25.2 Å². The predicted octanol–water partition coefficient (Wildman–Crippen LogP) is 9.89. The lowest BCUT2D eigenvalue weighted by Crippen LogP contribution is -2.19. The van der Waals surface area contributed by atoms with Crippen LogP contribution >= 0.6 is 11.3 Å². The van der Waals surface area contributed by atoms with Crippen LogP contribution in [0.4, 0.5) is 0 Å². The summed E-state index contributed by atoms with van der Waals surface area (Å²) < 4.78 is 28.2. The Hall–Kier alpha value is -2.61. The first kappa shape index (κ1) is 37.8. The summed E-state index contributed by atoms with van der Waals surface area (Å²) in [5, 5.41) is 0. The zero-order valence-electron chi connectivity index (χ0n) is 29.2. The Kier molecular flexibility index (Phi) is 14.0. The summed E-state index contributed by atoms with van der Waals surface area (Å²) in [6.45, 7) is 16.0. The number of ether oxygens (including phenoxy) is 1. The average molecular weight is 673 g/mol. The molecule has 1 unspecified atom stereocenters. The number of sulfone groups is 1. The number of ketones is 2. The molecule has 46 heavy (non-hydrogen) atoms. The monoisotopic (exact) mass is 672 g/mol. The van der Waals surface area contributed by atoms with Crippen LogP contribution in [0.15, 0.2) is 48.5 Å². The maximum absolute atomic E-state index is 12.8. The molecule has 0 radical (unpaired) electrons. The van der Waals surface area contributed by atoms with E-state index in [0.717, 1.165) is 54.4 Å². The van der Waals surface area contributed by atoms with Crippen LogP contribution in [-0.2, 0) is 37.6 Å². The Labute approximate surface area is 286 Å². The SMILES string of the molecule is CC(=O)Cc1ccc(C)c(-c2ccc(CC3CCOCC3)cc2)c1.CCCC(CCS(C)(=O)=O)C(=O)c1cc(C(C)(C)C)sc1C.[HH].[HH].[HH]. The van der Waals surface area contributed by atoms with Crippen LogP contribution in [-0.4, -0.2) is 45.2 Å². The number of carbonyl (C=O) groups is 2. The topological polar surface area (TPSA) is 77.5 Å². The van der Waals surface area contributed by atoms with Crippen molar-refractivity contribution < 1.29 is 27.0 Å². The molecule has 7 heteroatoms. The van der Waals surface area contributed by atoms with Crippen LogP contribution in [0.1, 0.15) is 108 Å². The van der Waals surface area contributed by atoms with E-state index in [4.69, 9.17) is 4.74 Å². The van der Waals surface area contributed by atoms with Crippen molar-refractivity contribution in [3.8, 4) is 11.1 Å². The summed E-state index contributed by atoms with van der Waals surface area (Å²) in [5.74, 6) is 0.955. The standard InChI is InChI=1S/C22H26O2.C17H28O3S2.3H2/c1-16-3-4-20(13-17(2)23)15-22(16)21-7-5-18(6-8-21)14-19-9-11-24-12-10-19;1-7-8-13(9-10-22(6,19)20)16(18)14-11-15(17(3,4)5)21-12(14)2;;;/h3-8,15,19H,9-14H2,1-2H3;11,13H,7-10H2,1-6H3;3*1H. The van der Waals surface area contributed by atoms with Crippen molar-refractivity contribution in [1.29, 1.82) is 0 Å². The molecule has 0 saturated carbocycles. The van der Waals surface area contributed by atoms with E-state index in [1.54, 1.807) is 18.3 Å². The predicted molar refractivity (Wildman–Crippen MR) is 199 cm³/mol. The van der Waals surface area contributed by atoms with Crippen LogP contribution in [0.5, 0.6) is 0 Å². The fourth-order valence-corrected chi connectivity index (χ4v) is 7.70. The molecule has 1 aromatic heterocycles. The summed E-state index contributed by atoms with van der Waals surface area (Å²) in [6.07, 6.45) is 7.29. The fraction of sp³-hybridized carbons (Fsp3) is 0.538. The molecule has 1 fully saturated rings. The molecular weight excluding hydrogens is 613 g/mol. The number of thiophene rings is 1. The summed E-state index contributed by atoms with van der Waals surface area (Å²) in [7, 11) is -3.03. The minimum atomic E-state index is -3.03. The van der Waals surface area contributed by atoms with Gasteiger partial charge in [-0.3, -0.25) is 9.59 Å². The third kappa shape index (κ3) is 11.9. The normalized spacial score (nSPS) is 14.8. The molecule has 4 rings (SSSR count). The van der Waals surface area contributed by atoms with E-state index in [1.165, 1.54) is 46.2 Å². The number of Topliss-reactive ketones (excluding diaryl/α,β-unsaturated/α-hetero) is 2. The van der Waals surface area contributed by atoms with Gasteiger partial charge in [-0.25, -0.2) is 8.42 Å². The van der Waals surface area contributed by atoms with Crippen molar-refractivity contribution in [3.63, 3.8) is 0 Å². The van der Waals surface area contributed by atoms with Gasteiger partial charge in [-0.1, -0.05) is 76.6 Å². The second-order valence-corrected chi connectivity index (χ2v) is 17.6. The second kappa shape index (κ2) is 17.0. The second-order valence-electron chi connectivity index (χ2n) is 14.1. The lowest BCUT2D eigenvalue weighted by atomic mass is 9.89. The van der Waals surface area contributed by atoms with Gasteiger partial charge in [-0.2, -0.15) is 0 Å². The highest BCUT2D eigenvalue weighted by atomic mass is 32.2. The quantitative estimate of drug-likeness (QED) is 0.179. The number of aryl methyl sites for hydroxylation is 2. The average Bonchev–Trinajstić information content (AvgIpc) is 3.39. The van der Waals surface area contributed by atoms with Crippen LogP contribution in [0.2, 0.25) is 0 Å². The van der Waals surface area contributed by atoms with Gasteiger partial charge in [0.1, 0.15) is 15.6 Å². The lowest BCUT2D eigenvalue weighted by Gasteiger charge is -2.22. The molecule has 0 N–H and O–H groups in total. The molecule has 5 nitrogen and oxygen atoms in total. The Bertz CT molecular complexity index is 1570. The first-order valence-corrected chi connectivity index (χ1v) is 19.5. The van der Waals surface area contributed by atoms with E-state index in [-0.39, 0.29) is 32.9 Å². The van der Waals surface area contributed by atoms with Gasteiger partial charge in [0.25, 0.3) is 0 Å². The van der Waals surface area contributed by atoms with Crippen molar-refractivity contribution in [3.05, 3.63) is 80.5 Å². The first-order chi connectivity index (χ1) is 21.6. The molecule has 258 valence electrons. The Morgan fingerprint density at radius 2 is 1.61 bits per heavy atom. The van der Waals surface area contributed by atoms with Crippen LogP contribution < -0.4 is 0 Å². The van der Waals surface area contributed by atoms with E-state index < -0.39 is 9.84 Å². The van der Waals surface area contributed by atoms with Crippen molar-refractivity contribution in [1.82, 2.24) is 0 Å². The molecule has 1 aliphatic rings. The van der Waals surface area contributed by atoms with E-state index in [9.17, 15) is 18.0 Å². The van der Waals surface area contributed by atoms with Crippen LogP contribution in [0, 0.1) is 25.7 Å². The zero-order valence-corrected chi connectivity index (χ0v) is 30.8. The molecule has 3 aromatic rings. The minimum absolute atomic E-state index is 0. The van der Waals surface area contributed by atoms with Gasteiger partial charge < -0.3 is 4.74 Å². The maximum Gasteiger partial charge on any atom is 0.167 e. The highest BCUT2D eigenvalue weighted by molar-refractivity contribution is 7.90. The lowest BCUT2D eigenvalue weighted by molar-refractivity contribution is -0.116. The molecule has 1 aliphatic heterocycles. The van der Waals surface area contributed by atoms with Crippen molar-refractivity contribution in [2.45, 2.75) is 98.8 Å². The highest BCUT2D eigenvalue weighted by Crippen LogP contribution is 2.34. The molecule has 2 aromatic carbocycles. The van der Waals surface area contributed by atoms with Gasteiger partial charge in [-0.05, 0) is 98.1 Å². The van der Waals surface area contributed by atoms with Crippen LogP contribution in [0.25, 0.3) is 11.1 Å². The fourth-order valence-electron chi connectivity index (χ4n) is 5.91. The summed E-state index contributed by atoms with van der Waals surface area (Å²) >= 11 is 1.67. The summed E-state index contributed by atoms with van der Waals surface area (Å²) in [5.41, 5.74) is 7.01. The Morgan fingerprint density at radius 1 is 0.978 bits per heavy atom. The van der Waals surface area contributed by atoms with Crippen LogP contribution in [0.3, 0.4) is 0 Å². The maximum atomic E-state index is 12.8. The van der Waals surface area contributed by atoms with E-state index in [0.29, 0.717) is 12.8 Å². The molecule has 1 atom stereocenters. The summed E-state index contributed by atoms with van der Waals surface area (Å²) in [4.78, 5) is 26.4. The van der Waals surface area contributed by atoms with E-state index >= 15 is 0 Å². The van der Waals surface area contributed by atoms with Gasteiger partial charge >= 0.3 is 0 Å².